The largest absolute Gasteiger partial charge is 0.391 e. The predicted molar refractivity (Wildman–Crippen MR) is 136 cm³/mol. The smallest absolute Gasteiger partial charge is 0.248 e. The molecule has 0 unspecified atom stereocenters. The van der Waals surface area contributed by atoms with Gasteiger partial charge in [-0.25, -0.2) is 4.98 Å². The van der Waals surface area contributed by atoms with Gasteiger partial charge in [-0.15, -0.1) is 0 Å². The number of hydrogen-bond acceptors (Lipinski definition) is 12. The van der Waals surface area contributed by atoms with E-state index < -0.39 is 12.1 Å². The highest BCUT2D eigenvalue weighted by Gasteiger charge is 2.38. The molecule has 2 aliphatic heterocycles. The Morgan fingerprint density at radius 1 is 1.11 bits per heavy atom. The molecule has 0 spiro atoms. The molecule has 5 heterocycles. The van der Waals surface area contributed by atoms with Crippen molar-refractivity contribution in [2.45, 2.75) is 37.3 Å². The minimum Gasteiger partial charge on any atom is -0.391 e. The molecule has 2 atom stereocenters. The van der Waals surface area contributed by atoms with Gasteiger partial charge in [-0.3, -0.25) is 14.9 Å². The molecule has 0 bridgehead atoms. The van der Waals surface area contributed by atoms with Gasteiger partial charge in [0.1, 0.15) is 11.9 Å². The van der Waals surface area contributed by atoms with Gasteiger partial charge in [-0.2, -0.15) is 20.1 Å². The first kappa shape index (κ1) is 23.5. The Morgan fingerprint density at radius 2 is 1.92 bits per heavy atom. The summed E-state index contributed by atoms with van der Waals surface area (Å²) in [5.41, 5.74) is 1.03. The number of piperazine rings is 1. The second kappa shape index (κ2) is 9.86. The zero-order valence-corrected chi connectivity index (χ0v) is 20.6. The maximum Gasteiger partial charge on any atom is 0.248 e. The molecule has 0 radical (unpaired) electrons. The number of aliphatic hydroxyl groups is 1. The van der Waals surface area contributed by atoms with Crippen LogP contribution in [0, 0.1) is 0 Å². The van der Waals surface area contributed by atoms with Crippen molar-refractivity contribution in [2.24, 2.45) is 0 Å². The molecule has 6 rings (SSSR count). The number of carbonyl (C=O) groups is 1. The minimum atomic E-state index is -0.702. The van der Waals surface area contributed by atoms with E-state index in [-0.39, 0.29) is 18.9 Å². The summed E-state index contributed by atoms with van der Waals surface area (Å²) in [7, 11) is 2.09. The molecule has 14 heteroatoms. The Bertz CT molecular complexity index is 1240. The first-order valence-corrected chi connectivity index (χ1v) is 12.6. The van der Waals surface area contributed by atoms with Crippen molar-refractivity contribution in [1.29, 1.82) is 0 Å². The van der Waals surface area contributed by atoms with Gasteiger partial charge >= 0.3 is 0 Å². The molecule has 3 aliphatic rings. The predicted octanol–water partition coefficient (Wildman–Crippen LogP) is 0.336. The Balaban J connectivity index is 1.29. The number of amides is 1. The third kappa shape index (κ3) is 5.29. The molecule has 194 valence electrons. The first-order valence-electron chi connectivity index (χ1n) is 12.6. The summed E-state index contributed by atoms with van der Waals surface area (Å²) in [5.74, 6) is 2.44. The maximum absolute atomic E-state index is 13.2. The molecule has 3 fully saturated rings. The summed E-state index contributed by atoms with van der Waals surface area (Å²) < 4.78 is 0. The highest BCUT2D eigenvalue weighted by atomic mass is 16.3. The van der Waals surface area contributed by atoms with Crippen LogP contribution in [0.4, 0.5) is 29.5 Å². The topological polar surface area (TPSA) is 164 Å². The number of β-amino-alcohol motifs (C(OH)–C–C–N with tert-alkyl or cyclic N) is 1. The van der Waals surface area contributed by atoms with Crippen molar-refractivity contribution in [3.05, 3.63) is 30.4 Å². The fraction of sp³-hybridized carbons (Fsp3) is 0.522. The lowest BCUT2D eigenvalue weighted by Crippen LogP contribution is -2.45. The number of anilines is 5. The van der Waals surface area contributed by atoms with Crippen molar-refractivity contribution < 1.29 is 9.90 Å². The summed E-state index contributed by atoms with van der Waals surface area (Å²) in [6.07, 6.45) is 6.37. The number of nitrogens with zero attached hydrogens (tertiary/aromatic N) is 9. The van der Waals surface area contributed by atoms with Crippen molar-refractivity contribution >= 4 is 35.4 Å². The van der Waals surface area contributed by atoms with E-state index in [4.69, 9.17) is 9.97 Å². The van der Waals surface area contributed by atoms with E-state index in [0.29, 0.717) is 35.4 Å². The molecule has 1 aliphatic carbocycles. The fourth-order valence-corrected chi connectivity index (χ4v) is 4.65. The lowest BCUT2D eigenvalue weighted by Gasteiger charge is -2.33. The number of aromatic amines is 1. The van der Waals surface area contributed by atoms with E-state index in [1.807, 2.05) is 6.07 Å². The number of carbonyl (C=O) groups excluding carboxylic acids is 1. The van der Waals surface area contributed by atoms with Crippen LogP contribution >= 0.6 is 0 Å². The lowest BCUT2D eigenvalue weighted by molar-refractivity contribution is -0.117. The van der Waals surface area contributed by atoms with Crippen LogP contribution in [0.25, 0.3) is 0 Å². The van der Waals surface area contributed by atoms with E-state index in [2.05, 4.69) is 52.6 Å². The quantitative estimate of drug-likeness (QED) is 0.348. The summed E-state index contributed by atoms with van der Waals surface area (Å²) in [6.45, 7) is 3.55. The molecule has 0 aromatic carbocycles. The van der Waals surface area contributed by atoms with Crippen LogP contribution in [0.1, 0.15) is 30.9 Å². The van der Waals surface area contributed by atoms with Crippen LogP contribution < -0.4 is 20.4 Å². The fourth-order valence-electron chi connectivity index (χ4n) is 4.65. The van der Waals surface area contributed by atoms with Gasteiger partial charge in [-0.1, -0.05) is 0 Å². The standard InChI is InChI=1S/C23H30N12O2/c1-33-6-8-34(9-7-33)22-28-21(27-18-11-16(31-32-18)14-2-3-14)29-23(30-22)35-13-15(36)10-17(35)20(37)26-19-12-24-4-5-25-19/h4-5,11-12,14-15,17,36H,2-3,6-10,13H2,1H3,(H,25,26,37)(H2,27,28,29,30,31,32)/t15-,17-/m0/s1. The second-order valence-electron chi connectivity index (χ2n) is 9.79. The molecule has 3 aromatic heterocycles. The van der Waals surface area contributed by atoms with E-state index in [1.165, 1.54) is 18.6 Å². The van der Waals surface area contributed by atoms with E-state index in [0.717, 1.165) is 44.7 Å². The molecule has 37 heavy (non-hydrogen) atoms. The van der Waals surface area contributed by atoms with Crippen LogP contribution in [0.5, 0.6) is 0 Å². The minimum absolute atomic E-state index is 0.222. The zero-order valence-electron chi connectivity index (χ0n) is 20.6. The second-order valence-corrected chi connectivity index (χ2v) is 9.79. The van der Waals surface area contributed by atoms with Crippen LogP contribution in [0.2, 0.25) is 0 Å². The highest BCUT2D eigenvalue weighted by molar-refractivity contribution is 5.96. The van der Waals surface area contributed by atoms with Gasteiger partial charge in [0.05, 0.1) is 18.0 Å². The third-order valence-corrected chi connectivity index (χ3v) is 6.89. The van der Waals surface area contributed by atoms with E-state index >= 15 is 0 Å². The Labute approximate surface area is 213 Å². The molecular weight excluding hydrogens is 476 g/mol. The Morgan fingerprint density at radius 3 is 2.68 bits per heavy atom. The van der Waals surface area contributed by atoms with E-state index in [9.17, 15) is 9.90 Å². The third-order valence-electron chi connectivity index (χ3n) is 6.89. The number of H-pyrrole nitrogens is 1. The number of rotatable bonds is 7. The molecular formula is C23H30N12O2. The van der Waals surface area contributed by atoms with Gasteiger partial charge < -0.3 is 30.4 Å². The maximum atomic E-state index is 13.2. The molecule has 1 amide bonds. The number of hydrogen-bond donors (Lipinski definition) is 4. The lowest BCUT2D eigenvalue weighted by atomic mass is 10.2. The summed E-state index contributed by atoms with van der Waals surface area (Å²) in [4.78, 5) is 41.5. The van der Waals surface area contributed by atoms with Crippen LogP contribution in [0.15, 0.2) is 24.7 Å². The van der Waals surface area contributed by atoms with Crippen molar-refractivity contribution in [3.63, 3.8) is 0 Å². The number of likely N-dealkylation sites (N-methyl/N-ethyl adjacent to an activating group) is 1. The van der Waals surface area contributed by atoms with Gasteiger partial charge in [0.15, 0.2) is 5.82 Å². The summed E-state index contributed by atoms with van der Waals surface area (Å²) >= 11 is 0. The van der Waals surface area contributed by atoms with Gasteiger partial charge in [0.2, 0.25) is 23.8 Å². The average molecular weight is 507 g/mol. The SMILES string of the molecule is CN1CCN(c2nc(Nc3cc(C4CC4)n[nH]3)nc(N3C[C@@H](O)C[C@H]3C(=O)Nc3cnccn3)n2)CC1. The number of nitrogens with one attached hydrogen (secondary N) is 3. The molecule has 14 nitrogen and oxygen atoms in total. The summed E-state index contributed by atoms with van der Waals surface area (Å²) in [6, 6.07) is 1.30. The van der Waals surface area contributed by atoms with Crippen molar-refractivity contribution in [3.8, 4) is 0 Å². The number of aliphatic hydroxyl groups excluding tert-OH is 1. The molecule has 1 saturated carbocycles. The van der Waals surface area contributed by atoms with E-state index in [1.54, 1.807) is 4.90 Å². The molecule has 2 saturated heterocycles. The highest BCUT2D eigenvalue weighted by Crippen LogP contribution is 2.39. The molecule has 3 aromatic rings. The normalized spacial score (nSPS) is 22.3. The van der Waals surface area contributed by atoms with Crippen LogP contribution in [-0.4, -0.2) is 103 Å². The van der Waals surface area contributed by atoms with Gasteiger partial charge in [0.25, 0.3) is 0 Å². The van der Waals surface area contributed by atoms with Crippen LogP contribution in [-0.2, 0) is 4.79 Å². The van der Waals surface area contributed by atoms with Crippen molar-refractivity contribution in [1.82, 2.24) is 40.0 Å². The van der Waals surface area contributed by atoms with Crippen LogP contribution in [0.3, 0.4) is 0 Å². The Hall–Kier alpha value is -3.91. The first-order chi connectivity index (χ1) is 18.0. The Kier molecular flexibility index (Phi) is 6.26. The van der Waals surface area contributed by atoms with Crippen molar-refractivity contribution in [2.75, 3.05) is 60.2 Å². The van der Waals surface area contributed by atoms with Gasteiger partial charge in [0, 0.05) is 63.5 Å². The monoisotopic (exact) mass is 506 g/mol. The van der Waals surface area contributed by atoms with Gasteiger partial charge in [-0.05, 0) is 19.9 Å². The average Bonchev–Trinajstić information content (AvgIpc) is 3.52. The molecule has 4 N–H and O–H groups in total. The number of aromatic nitrogens is 7. The zero-order chi connectivity index (χ0) is 25.4. The summed E-state index contributed by atoms with van der Waals surface area (Å²) in [5, 5.41) is 23.9.